The SMILES string of the molecule is CC(=CC(=O)N(C)C(C)c1cc2ccccc2[nH]1)c1ccc(N)nc1. The number of hydrogen-bond donors (Lipinski definition) is 2. The maximum Gasteiger partial charge on any atom is 0.247 e. The largest absolute Gasteiger partial charge is 0.384 e. The number of nitrogen functional groups attached to an aromatic ring is 1. The first-order valence-electron chi connectivity index (χ1n) is 8.20. The molecule has 5 nitrogen and oxygen atoms in total. The van der Waals surface area contributed by atoms with Crippen molar-refractivity contribution < 1.29 is 4.79 Å². The Morgan fingerprint density at radius 3 is 2.72 bits per heavy atom. The first-order chi connectivity index (χ1) is 12.0. The van der Waals surface area contributed by atoms with Gasteiger partial charge in [0.1, 0.15) is 5.82 Å². The Labute approximate surface area is 147 Å². The highest BCUT2D eigenvalue weighted by atomic mass is 16.2. The molecule has 3 aromatic rings. The Morgan fingerprint density at radius 2 is 2.04 bits per heavy atom. The molecule has 0 radical (unpaired) electrons. The van der Waals surface area contributed by atoms with Crippen LogP contribution in [0, 0.1) is 0 Å². The first kappa shape index (κ1) is 16.8. The molecule has 0 bridgehead atoms. The third-order valence-corrected chi connectivity index (χ3v) is 4.51. The molecular weight excluding hydrogens is 312 g/mol. The molecule has 0 saturated heterocycles. The molecule has 5 heteroatoms. The van der Waals surface area contributed by atoms with Gasteiger partial charge in [0.2, 0.25) is 5.91 Å². The lowest BCUT2D eigenvalue weighted by atomic mass is 10.1. The van der Waals surface area contributed by atoms with Crippen molar-refractivity contribution in [3.8, 4) is 0 Å². The summed E-state index contributed by atoms with van der Waals surface area (Å²) in [5.41, 5.74) is 9.43. The number of hydrogen-bond acceptors (Lipinski definition) is 3. The van der Waals surface area contributed by atoms with E-state index >= 15 is 0 Å². The summed E-state index contributed by atoms with van der Waals surface area (Å²) in [7, 11) is 1.81. The highest BCUT2D eigenvalue weighted by Gasteiger charge is 2.18. The average molecular weight is 334 g/mol. The number of amides is 1. The molecule has 1 atom stereocenters. The minimum absolute atomic E-state index is 0.0551. The third-order valence-electron chi connectivity index (χ3n) is 4.51. The van der Waals surface area contributed by atoms with Gasteiger partial charge in [-0.25, -0.2) is 4.98 Å². The van der Waals surface area contributed by atoms with Crippen LogP contribution in [-0.2, 0) is 4.79 Å². The highest BCUT2D eigenvalue weighted by molar-refractivity contribution is 5.95. The van der Waals surface area contributed by atoms with Gasteiger partial charge in [-0.3, -0.25) is 4.79 Å². The molecule has 128 valence electrons. The van der Waals surface area contributed by atoms with E-state index in [-0.39, 0.29) is 11.9 Å². The minimum atomic E-state index is -0.0616. The third kappa shape index (κ3) is 3.55. The standard InChI is InChI=1S/C20H22N4O/c1-13(16-8-9-19(21)22-12-16)10-20(25)24(3)14(2)18-11-15-6-4-5-7-17(15)23-18/h4-12,14,23H,1-3H3,(H2,21,22). The predicted octanol–water partition coefficient (Wildman–Crippen LogP) is 3.77. The second-order valence-corrected chi connectivity index (χ2v) is 6.24. The molecule has 0 fully saturated rings. The molecule has 3 N–H and O–H groups in total. The van der Waals surface area contributed by atoms with Crippen LogP contribution in [0.25, 0.3) is 16.5 Å². The fourth-order valence-electron chi connectivity index (χ4n) is 2.73. The number of aromatic nitrogens is 2. The summed E-state index contributed by atoms with van der Waals surface area (Å²) in [6, 6.07) is 13.7. The molecule has 0 saturated carbocycles. The van der Waals surface area contributed by atoms with Gasteiger partial charge in [-0.05, 0) is 54.6 Å². The molecule has 0 spiro atoms. The summed E-state index contributed by atoms with van der Waals surface area (Å²) in [5, 5.41) is 1.14. The molecular formula is C20H22N4O. The van der Waals surface area contributed by atoms with Crippen molar-refractivity contribution in [2.45, 2.75) is 19.9 Å². The zero-order chi connectivity index (χ0) is 18.0. The molecule has 25 heavy (non-hydrogen) atoms. The van der Waals surface area contributed by atoms with Crippen molar-refractivity contribution in [2.75, 3.05) is 12.8 Å². The molecule has 0 aliphatic heterocycles. The number of aromatic amines is 1. The fourth-order valence-corrected chi connectivity index (χ4v) is 2.73. The van der Waals surface area contributed by atoms with Crippen LogP contribution in [0.3, 0.4) is 0 Å². The fraction of sp³-hybridized carbons (Fsp3) is 0.200. The molecule has 1 amide bonds. The van der Waals surface area contributed by atoms with Crippen LogP contribution in [0.15, 0.2) is 54.7 Å². The lowest BCUT2D eigenvalue weighted by molar-refractivity contribution is -0.126. The average Bonchev–Trinajstić information content (AvgIpc) is 3.05. The van der Waals surface area contributed by atoms with Crippen LogP contribution in [0.5, 0.6) is 0 Å². The second kappa shape index (κ2) is 6.81. The van der Waals surface area contributed by atoms with E-state index in [2.05, 4.69) is 22.1 Å². The van der Waals surface area contributed by atoms with Gasteiger partial charge in [0, 0.05) is 30.5 Å². The number of fused-ring (bicyclic) bond motifs is 1. The van der Waals surface area contributed by atoms with E-state index in [0.717, 1.165) is 27.7 Å². The summed E-state index contributed by atoms with van der Waals surface area (Å²) < 4.78 is 0. The summed E-state index contributed by atoms with van der Waals surface area (Å²) in [5.74, 6) is 0.410. The lowest BCUT2D eigenvalue weighted by Gasteiger charge is -2.23. The van der Waals surface area contributed by atoms with Gasteiger partial charge in [-0.1, -0.05) is 18.2 Å². The van der Waals surface area contributed by atoms with Crippen LogP contribution in [0.4, 0.5) is 5.82 Å². The number of allylic oxidation sites excluding steroid dienone is 1. The van der Waals surface area contributed by atoms with E-state index < -0.39 is 0 Å². The normalized spacial score (nSPS) is 13.0. The molecule has 2 aromatic heterocycles. The molecule has 0 aliphatic carbocycles. The second-order valence-electron chi connectivity index (χ2n) is 6.24. The molecule has 1 aromatic carbocycles. The zero-order valence-corrected chi connectivity index (χ0v) is 14.7. The van der Waals surface area contributed by atoms with Crippen molar-refractivity contribution >= 4 is 28.2 Å². The van der Waals surface area contributed by atoms with Gasteiger partial charge in [0.05, 0.1) is 6.04 Å². The Bertz CT molecular complexity index is 891. The Morgan fingerprint density at radius 1 is 1.28 bits per heavy atom. The van der Waals surface area contributed by atoms with Gasteiger partial charge in [0.15, 0.2) is 0 Å². The van der Waals surface area contributed by atoms with E-state index in [0.29, 0.717) is 5.82 Å². The number of anilines is 1. The number of nitrogens with zero attached hydrogens (tertiary/aromatic N) is 2. The number of pyridine rings is 1. The Hall–Kier alpha value is -3.08. The van der Waals surface area contributed by atoms with Crippen molar-refractivity contribution in [3.05, 3.63) is 66.0 Å². The number of carbonyl (C=O) groups excluding carboxylic acids is 1. The number of nitrogens with one attached hydrogen (secondary N) is 1. The van der Waals surface area contributed by atoms with Crippen LogP contribution in [0.2, 0.25) is 0 Å². The monoisotopic (exact) mass is 334 g/mol. The van der Waals surface area contributed by atoms with Crippen molar-refractivity contribution in [2.24, 2.45) is 0 Å². The van der Waals surface area contributed by atoms with Crippen LogP contribution in [0.1, 0.15) is 31.1 Å². The van der Waals surface area contributed by atoms with Gasteiger partial charge in [-0.2, -0.15) is 0 Å². The number of nitrogens with two attached hydrogens (primary N) is 1. The van der Waals surface area contributed by atoms with Crippen molar-refractivity contribution in [1.29, 1.82) is 0 Å². The Kier molecular flexibility index (Phi) is 4.57. The van der Waals surface area contributed by atoms with Gasteiger partial charge in [-0.15, -0.1) is 0 Å². The van der Waals surface area contributed by atoms with E-state index in [1.165, 1.54) is 0 Å². The summed E-state index contributed by atoms with van der Waals surface area (Å²) in [6.07, 6.45) is 3.31. The lowest BCUT2D eigenvalue weighted by Crippen LogP contribution is -2.28. The number of H-pyrrole nitrogens is 1. The van der Waals surface area contributed by atoms with E-state index in [4.69, 9.17) is 5.73 Å². The highest BCUT2D eigenvalue weighted by Crippen LogP contribution is 2.24. The minimum Gasteiger partial charge on any atom is -0.384 e. The first-order valence-corrected chi connectivity index (χ1v) is 8.20. The van der Waals surface area contributed by atoms with Crippen LogP contribution in [-0.4, -0.2) is 27.8 Å². The van der Waals surface area contributed by atoms with E-state index in [1.54, 1.807) is 23.2 Å². The number of benzene rings is 1. The van der Waals surface area contributed by atoms with Crippen molar-refractivity contribution in [3.63, 3.8) is 0 Å². The smallest absolute Gasteiger partial charge is 0.247 e. The molecule has 2 heterocycles. The number of carbonyl (C=O) groups is 1. The van der Waals surface area contributed by atoms with E-state index in [9.17, 15) is 4.79 Å². The van der Waals surface area contributed by atoms with Crippen LogP contribution < -0.4 is 5.73 Å². The number of rotatable bonds is 4. The quantitative estimate of drug-likeness (QED) is 0.713. The molecule has 1 unspecified atom stereocenters. The zero-order valence-electron chi connectivity index (χ0n) is 14.7. The van der Waals surface area contributed by atoms with Gasteiger partial charge >= 0.3 is 0 Å². The number of para-hydroxylation sites is 1. The summed E-state index contributed by atoms with van der Waals surface area (Å²) >= 11 is 0. The summed E-state index contributed by atoms with van der Waals surface area (Å²) in [6.45, 7) is 3.91. The molecule has 3 rings (SSSR count). The summed E-state index contributed by atoms with van der Waals surface area (Å²) in [4.78, 5) is 21.8. The van der Waals surface area contributed by atoms with E-state index in [1.807, 2.05) is 45.2 Å². The van der Waals surface area contributed by atoms with Crippen LogP contribution >= 0.6 is 0 Å². The number of likely N-dealkylation sites (N-methyl/N-ethyl adjacent to an activating group) is 1. The van der Waals surface area contributed by atoms with Gasteiger partial charge in [0.25, 0.3) is 0 Å². The maximum absolute atomic E-state index is 12.6. The Balaban J connectivity index is 1.78. The molecule has 0 aliphatic rings. The van der Waals surface area contributed by atoms with Crippen molar-refractivity contribution in [1.82, 2.24) is 14.9 Å². The van der Waals surface area contributed by atoms with Gasteiger partial charge < -0.3 is 15.6 Å². The maximum atomic E-state index is 12.6. The predicted molar refractivity (Wildman–Crippen MR) is 102 cm³/mol. The topological polar surface area (TPSA) is 75.0 Å².